The van der Waals surface area contributed by atoms with E-state index in [0.717, 1.165) is 36.2 Å². The Morgan fingerprint density at radius 3 is 2.76 bits per heavy atom. The molecule has 1 fully saturated rings. The van der Waals surface area contributed by atoms with Crippen molar-refractivity contribution in [1.82, 2.24) is 14.5 Å². The molecule has 3 N–H and O–H groups in total. The molecular formula is C26H28N6OS. The van der Waals surface area contributed by atoms with Crippen LogP contribution in [-0.4, -0.2) is 27.0 Å². The normalized spacial score (nSPS) is 16.5. The molecule has 5 rings (SSSR count). The number of nitrogens with two attached hydrogens (primary N) is 1. The Hall–Kier alpha value is -3.49. The molecule has 4 aromatic rings. The van der Waals surface area contributed by atoms with Gasteiger partial charge in [-0.3, -0.25) is 15.1 Å². The van der Waals surface area contributed by atoms with Crippen molar-refractivity contribution in [2.24, 2.45) is 5.73 Å². The van der Waals surface area contributed by atoms with Crippen molar-refractivity contribution >= 4 is 28.1 Å². The minimum atomic E-state index is -0.158. The van der Waals surface area contributed by atoms with Crippen LogP contribution in [0.25, 0.3) is 0 Å². The third-order valence-corrected chi connectivity index (χ3v) is 7.03. The zero-order valence-corrected chi connectivity index (χ0v) is 19.9. The number of nitrogens with zero attached hydrogens (tertiary/aromatic N) is 4. The predicted molar refractivity (Wildman–Crippen MR) is 136 cm³/mol. The summed E-state index contributed by atoms with van der Waals surface area (Å²) in [6.45, 7) is 3.60. The molecule has 1 amide bonds. The molecule has 1 aliphatic rings. The van der Waals surface area contributed by atoms with Crippen molar-refractivity contribution in [3.05, 3.63) is 95.0 Å². The summed E-state index contributed by atoms with van der Waals surface area (Å²) < 4.78 is 1.93. The van der Waals surface area contributed by atoms with E-state index in [0.29, 0.717) is 17.4 Å². The fourth-order valence-electron chi connectivity index (χ4n) is 4.45. The standard InChI is InChI=1S/C26H28N6OS/c1-18(27)20-6-8-21(9-7-20)32-15-3-4-23(32)22-17-34-26(29-22)30-25(33)24-5-2-14-31(24)16-19-10-12-28-13-11-19/h2,5-14,17-18,23H,3-4,15-16,27H2,1H3,(H,29,30,33)/t18?,23-/m1/s1. The largest absolute Gasteiger partial charge is 0.363 e. The van der Waals surface area contributed by atoms with Gasteiger partial charge in [0.15, 0.2) is 5.13 Å². The molecular weight excluding hydrogens is 444 g/mol. The summed E-state index contributed by atoms with van der Waals surface area (Å²) in [4.78, 5) is 24.2. The summed E-state index contributed by atoms with van der Waals surface area (Å²) in [5, 5.41) is 5.67. The number of pyridine rings is 1. The maximum atomic E-state index is 13.0. The predicted octanol–water partition coefficient (Wildman–Crippen LogP) is 5.00. The highest BCUT2D eigenvalue weighted by molar-refractivity contribution is 7.14. The number of nitrogens with one attached hydrogen (secondary N) is 1. The van der Waals surface area contributed by atoms with Crippen LogP contribution in [0.1, 0.15) is 59.2 Å². The number of carbonyl (C=O) groups is 1. The summed E-state index contributed by atoms with van der Waals surface area (Å²) in [6, 6.07) is 16.3. The maximum absolute atomic E-state index is 13.0. The van der Waals surface area contributed by atoms with Crippen molar-refractivity contribution in [2.75, 3.05) is 16.8 Å². The Bertz CT molecular complexity index is 1250. The van der Waals surface area contributed by atoms with Crippen LogP contribution in [0.3, 0.4) is 0 Å². The Morgan fingerprint density at radius 2 is 2.00 bits per heavy atom. The number of amides is 1. The van der Waals surface area contributed by atoms with Crippen LogP contribution in [0.2, 0.25) is 0 Å². The number of aromatic nitrogens is 3. The van der Waals surface area contributed by atoms with Gasteiger partial charge in [0.2, 0.25) is 0 Å². The quantitative estimate of drug-likeness (QED) is 0.395. The second kappa shape index (κ2) is 9.79. The Labute approximate surface area is 203 Å². The molecule has 1 aromatic carbocycles. The lowest BCUT2D eigenvalue weighted by atomic mass is 10.1. The highest BCUT2D eigenvalue weighted by atomic mass is 32.1. The number of rotatable bonds is 7. The van der Waals surface area contributed by atoms with Gasteiger partial charge >= 0.3 is 0 Å². The van der Waals surface area contributed by atoms with Gasteiger partial charge in [-0.15, -0.1) is 11.3 Å². The highest BCUT2D eigenvalue weighted by Crippen LogP contribution is 2.37. The van der Waals surface area contributed by atoms with E-state index in [2.05, 4.69) is 44.8 Å². The van der Waals surface area contributed by atoms with Crippen LogP contribution in [-0.2, 0) is 6.54 Å². The molecule has 0 spiro atoms. The molecule has 0 bridgehead atoms. The molecule has 4 heterocycles. The lowest BCUT2D eigenvalue weighted by molar-refractivity contribution is 0.101. The number of anilines is 2. The Kier molecular flexibility index (Phi) is 6.42. The molecule has 3 aromatic heterocycles. The van der Waals surface area contributed by atoms with Gasteiger partial charge in [0, 0.05) is 48.8 Å². The number of carbonyl (C=O) groups excluding carboxylic acids is 1. The number of hydrogen-bond donors (Lipinski definition) is 2. The highest BCUT2D eigenvalue weighted by Gasteiger charge is 2.28. The minimum Gasteiger partial charge on any atom is -0.363 e. The first-order chi connectivity index (χ1) is 16.6. The summed E-state index contributed by atoms with van der Waals surface area (Å²) in [5.41, 5.74) is 11.0. The van der Waals surface area contributed by atoms with E-state index in [-0.39, 0.29) is 18.0 Å². The molecule has 8 heteroatoms. The smallest absolute Gasteiger partial charge is 0.274 e. The van der Waals surface area contributed by atoms with E-state index in [9.17, 15) is 4.79 Å². The van der Waals surface area contributed by atoms with Crippen molar-refractivity contribution in [2.45, 2.75) is 38.4 Å². The molecule has 0 aliphatic carbocycles. The molecule has 7 nitrogen and oxygen atoms in total. The van der Waals surface area contributed by atoms with Gasteiger partial charge in [-0.1, -0.05) is 12.1 Å². The SMILES string of the molecule is CC(N)c1ccc(N2CCC[C@@H]2c2csc(NC(=O)c3cccn3Cc3ccncc3)n2)cc1. The van der Waals surface area contributed by atoms with Crippen LogP contribution in [0.5, 0.6) is 0 Å². The fourth-order valence-corrected chi connectivity index (χ4v) is 5.21. The van der Waals surface area contributed by atoms with Gasteiger partial charge in [0.25, 0.3) is 5.91 Å². The summed E-state index contributed by atoms with van der Waals surface area (Å²) in [5.74, 6) is -0.158. The molecule has 34 heavy (non-hydrogen) atoms. The Balaban J connectivity index is 1.28. The molecule has 174 valence electrons. The van der Waals surface area contributed by atoms with E-state index >= 15 is 0 Å². The van der Waals surface area contributed by atoms with Crippen LogP contribution in [0.15, 0.2) is 72.5 Å². The average molecular weight is 473 g/mol. The van der Waals surface area contributed by atoms with Gasteiger partial charge in [0.1, 0.15) is 5.69 Å². The molecule has 1 saturated heterocycles. The van der Waals surface area contributed by atoms with Gasteiger partial charge in [-0.2, -0.15) is 0 Å². The number of hydrogen-bond acceptors (Lipinski definition) is 6. The van der Waals surface area contributed by atoms with E-state index < -0.39 is 0 Å². The van der Waals surface area contributed by atoms with Gasteiger partial charge < -0.3 is 15.2 Å². The monoisotopic (exact) mass is 472 g/mol. The summed E-state index contributed by atoms with van der Waals surface area (Å²) in [6.07, 6.45) is 7.59. The molecule has 0 saturated carbocycles. The van der Waals surface area contributed by atoms with Crippen LogP contribution >= 0.6 is 11.3 Å². The van der Waals surface area contributed by atoms with Crippen molar-refractivity contribution < 1.29 is 4.79 Å². The zero-order chi connectivity index (χ0) is 23.5. The average Bonchev–Trinajstić information content (AvgIpc) is 3.60. The second-order valence-corrected chi connectivity index (χ2v) is 9.50. The van der Waals surface area contributed by atoms with Crippen molar-refractivity contribution in [3.63, 3.8) is 0 Å². The lowest BCUT2D eigenvalue weighted by Crippen LogP contribution is -2.23. The first kappa shape index (κ1) is 22.3. The summed E-state index contributed by atoms with van der Waals surface area (Å²) in [7, 11) is 0. The molecule has 1 unspecified atom stereocenters. The van der Waals surface area contributed by atoms with Gasteiger partial charge in [-0.25, -0.2) is 4.98 Å². The van der Waals surface area contributed by atoms with Crippen LogP contribution in [0, 0.1) is 0 Å². The maximum Gasteiger partial charge on any atom is 0.274 e. The van der Waals surface area contributed by atoms with E-state index in [4.69, 9.17) is 10.7 Å². The third-order valence-electron chi connectivity index (χ3n) is 6.25. The minimum absolute atomic E-state index is 0.0268. The number of benzene rings is 1. The first-order valence-electron chi connectivity index (χ1n) is 11.5. The molecule has 1 aliphatic heterocycles. The summed E-state index contributed by atoms with van der Waals surface area (Å²) >= 11 is 1.47. The van der Waals surface area contributed by atoms with Gasteiger partial charge in [-0.05, 0) is 67.3 Å². The van der Waals surface area contributed by atoms with Gasteiger partial charge in [0.05, 0.1) is 11.7 Å². The number of thiazole rings is 1. The topological polar surface area (TPSA) is 89.1 Å². The van der Waals surface area contributed by atoms with Crippen LogP contribution in [0.4, 0.5) is 10.8 Å². The Morgan fingerprint density at radius 1 is 1.21 bits per heavy atom. The van der Waals surface area contributed by atoms with Crippen molar-refractivity contribution in [1.29, 1.82) is 0 Å². The fraction of sp³-hybridized carbons (Fsp3) is 0.269. The molecule has 2 atom stereocenters. The van der Waals surface area contributed by atoms with E-state index in [1.54, 1.807) is 12.4 Å². The van der Waals surface area contributed by atoms with E-state index in [1.807, 2.05) is 42.0 Å². The lowest BCUT2D eigenvalue weighted by Gasteiger charge is -2.26. The zero-order valence-electron chi connectivity index (χ0n) is 19.1. The molecule has 0 radical (unpaired) electrons. The first-order valence-corrected chi connectivity index (χ1v) is 12.4. The third kappa shape index (κ3) is 4.73. The van der Waals surface area contributed by atoms with Crippen LogP contribution < -0.4 is 16.0 Å². The van der Waals surface area contributed by atoms with Crippen molar-refractivity contribution in [3.8, 4) is 0 Å². The van der Waals surface area contributed by atoms with E-state index in [1.165, 1.54) is 17.0 Å². The second-order valence-electron chi connectivity index (χ2n) is 8.64.